The van der Waals surface area contributed by atoms with Crippen LogP contribution in [0.2, 0.25) is 0 Å². The molecule has 0 atom stereocenters. The van der Waals surface area contributed by atoms with Crippen LogP contribution in [0, 0.1) is 6.92 Å². The first-order chi connectivity index (χ1) is 9.69. The molecular weight excluding hydrogens is 250 g/mol. The Hall–Kier alpha value is -1.77. The second kappa shape index (κ2) is 5.31. The highest BCUT2D eigenvalue weighted by atomic mass is 16.4. The van der Waals surface area contributed by atoms with Gasteiger partial charge in [-0.25, -0.2) is 0 Å². The molecule has 2 aromatic rings. The van der Waals surface area contributed by atoms with Gasteiger partial charge >= 0.3 is 0 Å². The molecule has 1 aromatic carbocycles. The molecule has 3 heteroatoms. The number of fused-ring (bicyclic) bond motifs is 1. The predicted molar refractivity (Wildman–Crippen MR) is 82.7 cm³/mol. The van der Waals surface area contributed by atoms with Crippen LogP contribution >= 0.6 is 0 Å². The molecule has 0 spiro atoms. The Bertz CT molecular complexity index is 681. The van der Waals surface area contributed by atoms with Gasteiger partial charge in [0, 0.05) is 19.2 Å². The molecule has 1 saturated heterocycles. The van der Waals surface area contributed by atoms with Crippen molar-refractivity contribution in [2.75, 3.05) is 18.0 Å². The van der Waals surface area contributed by atoms with Crippen LogP contribution in [0.3, 0.4) is 0 Å². The normalized spacial score (nSPS) is 15.8. The fraction of sp³-hybridized carbons (Fsp3) is 0.471. The Morgan fingerprint density at radius 2 is 1.90 bits per heavy atom. The number of piperidine rings is 1. The van der Waals surface area contributed by atoms with Crippen molar-refractivity contribution in [2.24, 2.45) is 0 Å². The monoisotopic (exact) mass is 271 g/mol. The Morgan fingerprint density at radius 1 is 1.15 bits per heavy atom. The van der Waals surface area contributed by atoms with Gasteiger partial charge in [0.05, 0.1) is 5.39 Å². The summed E-state index contributed by atoms with van der Waals surface area (Å²) in [5.74, 6) is 0.737. The van der Waals surface area contributed by atoms with Crippen molar-refractivity contribution >= 4 is 16.9 Å². The fourth-order valence-corrected chi connectivity index (χ4v) is 3.01. The Morgan fingerprint density at radius 3 is 2.60 bits per heavy atom. The van der Waals surface area contributed by atoms with Gasteiger partial charge < -0.3 is 9.32 Å². The zero-order valence-corrected chi connectivity index (χ0v) is 12.2. The number of rotatable bonds is 2. The van der Waals surface area contributed by atoms with Crippen molar-refractivity contribution in [3.05, 3.63) is 39.5 Å². The quantitative estimate of drug-likeness (QED) is 0.836. The lowest BCUT2D eigenvalue weighted by atomic mass is 10.0. The maximum Gasteiger partial charge on any atom is 0.199 e. The van der Waals surface area contributed by atoms with E-state index >= 15 is 0 Å². The predicted octanol–water partition coefficient (Wildman–Crippen LogP) is 3.65. The minimum atomic E-state index is 0.0743. The van der Waals surface area contributed by atoms with E-state index in [9.17, 15) is 4.79 Å². The molecule has 1 aliphatic heterocycles. The first-order valence-corrected chi connectivity index (χ1v) is 7.51. The van der Waals surface area contributed by atoms with E-state index < -0.39 is 0 Å². The topological polar surface area (TPSA) is 33.5 Å². The van der Waals surface area contributed by atoms with Crippen molar-refractivity contribution in [3.63, 3.8) is 0 Å². The number of benzene rings is 1. The van der Waals surface area contributed by atoms with E-state index in [1.165, 1.54) is 19.3 Å². The van der Waals surface area contributed by atoms with Crippen LogP contribution < -0.4 is 10.3 Å². The van der Waals surface area contributed by atoms with E-state index in [4.69, 9.17) is 4.42 Å². The van der Waals surface area contributed by atoms with E-state index in [1.54, 1.807) is 6.07 Å². The van der Waals surface area contributed by atoms with Gasteiger partial charge in [-0.3, -0.25) is 4.79 Å². The average Bonchev–Trinajstić information content (AvgIpc) is 2.48. The van der Waals surface area contributed by atoms with Gasteiger partial charge in [-0.1, -0.05) is 13.0 Å². The summed E-state index contributed by atoms with van der Waals surface area (Å²) in [6.07, 6.45) is 4.50. The van der Waals surface area contributed by atoms with Crippen molar-refractivity contribution in [3.8, 4) is 0 Å². The smallest absolute Gasteiger partial charge is 0.199 e. The largest absolute Gasteiger partial charge is 0.440 e. The molecule has 106 valence electrons. The van der Waals surface area contributed by atoms with Gasteiger partial charge in [0.1, 0.15) is 5.58 Å². The molecule has 1 fully saturated rings. The second-order valence-corrected chi connectivity index (χ2v) is 5.65. The number of anilines is 1. The van der Waals surface area contributed by atoms with E-state index in [-0.39, 0.29) is 5.43 Å². The van der Waals surface area contributed by atoms with Gasteiger partial charge in [0.15, 0.2) is 11.3 Å². The van der Waals surface area contributed by atoms with Crippen LogP contribution in [0.1, 0.15) is 37.3 Å². The molecule has 20 heavy (non-hydrogen) atoms. The summed E-state index contributed by atoms with van der Waals surface area (Å²) in [4.78, 5) is 14.6. The molecule has 0 radical (unpaired) electrons. The van der Waals surface area contributed by atoms with E-state index in [1.807, 2.05) is 13.0 Å². The highest BCUT2D eigenvalue weighted by molar-refractivity contribution is 5.81. The zero-order valence-electron chi connectivity index (χ0n) is 12.2. The molecule has 0 bridgehead atoms. The maximum absolute atomic E-state index is 12.4. The molecule has 0 unspecified atom stereocenters. The third kappa shape index (κ3) is 2.33. The average molecular weight is 271 g/mol. The Labute approximate surface area is 119 Å². The molecule has 3 rings (SSSR count). The van der Waals surface area contributed by atoms with Crippen LogP contribution in [-0.4, -0.2) is 13.1 Å². The summed E-state index contributed by atoms with van der Waals surface area (Å²) in [5.41, 5.74) is 3.08. The summed E-state index contributed by atoms with van der Waals surface area (Å²) in [6, 6.07) is 5.71. The summed E-state index contributed by atoms with van der Waals surface area (Å²) >= 11 is 0. The standard InChI is InChI=1S/C17H21NO2/c1-3-13-9-12(2)10-14-15(19)11-16(20-17(13)14)18-7-5-4-6-8-18/h9-11H,3-8H2,1-2H3. The minimum Gasteiger partial charge on any atom is -0.440 e. The van der Waals surface area contributed by atoms with Gasteiger partial charge in [-0.2, -0.15) is 0 Å². The van der Waals surface area contributed by atoms with E-state index in [0.29, 0.717) is 5.39 Å². The third-order valence-electron chi connectivity index (χ3n) is 4.09. The van der Waals surface area contributed by atoms with E-state index in [2.05, 4.69) is 17.9 Å². The lowest BCUT2D eigenvalue weighted by Crippen LogP contribution is -2.30. The minimum absolute atomic E-state index is 0.0743. The molecule has 0 saturated carbocycles. The van der Waals surface area contributed by atoms with Crippen molar-refractivity contribution in [2.45, 2.75) is 39.5 Å². The van der Waals surface area contributed by atoms with Crippen molar-refractivity contribution in [1.29, 1.82) is 0 Å². The molecule has 0 N–H and O–H groups in total. The van der Waals surface area contributed by atoms with Gasteiger partial charge in [0.2, 0.25) is 0 Å². The van der Waals surface area contributed by atoms with Crippen LogP contribution in [0.5, 0.6) is 0 Å². The first-order valence-electron chi connectivity index (χ1n) is 7.51. The number of hydrogen-bond acceptors (Lipinski definition) is 3. The lowest BCUT2D eigenvalue weighted by Gasteiger charge is -2.27. The summed E-state index contributed by atoms with van der Waals surface area (Å²) in [5, 5.41) is 0.711. The molecule has 0 aliphatic carbocycles. The second-order valence-electron chi connectivity index (χ2n) is 5.65. The number of aryl methyl sites for hydroxylation is 2. The molecule has 2 heterocycles. The van der Waals surface area contributed by atoms with Gasteiger partial charge in [-0.05, 0) is 49.8 Å². The molecular formula is C17H21NO2. The SMILES string of the molecule is CCc1cc(C)cc2c(=O)cc(N3CCCCC3)oc12. The van der Waals surface area contributed by atoms with Gasteiger partial charge in [-0.15, -0.1) is 0 Å². The lowest BCUT2D eigenvalue weighted by molar-refractivity contribution is 0.511. The molecule has 1 aromatic heterocycles. The van der Waals surface area contributed by atoms with Crippen LogP contribution in [-0.2, 0) is 6.42 Å². The summed E-state index contributed by atoms with van der Waals surface area (Å²) in [6.45, 7) is 6.10. The highest BCUT2D eigenvalue weighted by Crippen LogP contribution is 2.26. The zero-order chi connectivity index (χ0) is 14.1. The summed E-state index contributed by atoms with van der Waals surface area (Å²) < 4.78 is 6.09. The highest BCUT2D eigenvalue weighted by Gasteiger charge is 2.16. The van der Waals surface area contributed by atoms with Crippen molar-refractivity contribution < 1.29 is 4.42 Å². The van der Waals surface area contributed by atoms with Crippen LogP contribution in [0.25, 0.3) is 11.0 Å². The van der Waals surface area contributed by atoms with Crippen molar-refractivity contribution in [1.82, 2.24) is 0 Å². The molecule has 1 aliphatic rings. The Balaban J connectivity index is 2.17. The van der Waals surface area contributed by atoms with E-state index in [0.717, 1.165) is 42.1 Å². The summed E-state index contributed by atoms with van der Waals surface area (Å²) in [7, 11) is 0. The first kappa shape index (κ1) is 13.2. The molecule has 3 nitrogen and oxygen atoms in total. The van der Waals surface area contributed by atoms with Crippen LogP contribution in [0.4, 0.5) is 5.88 Å². The maximum atomic E-state index is 12.4. The molecule has 0 amide bonds. The third-order valence-corrected chi connectivity index (χ3v) is 4.09. The van der Waals surface area contributed by atoms with Gasteiger partial charge in [0.25, 0.3) is 0 Å². The fourth-order valence-electron chi connectivity index (χ4n) is 3.01. The number of hydrogen-bond donors (Lipinski definition) is 0. The number of nitrogens with zero attached hydrogens (tertiary/aromatic N) is 1. The Kier molecular flexibility index (Phi) is 3.51. The van der Waals surface area contributed by atoms with Crippen LogP contribution in [0.15, 0.2) is 27.4 Å².